The Morgan fingerprint density at radius 3 is 1.74 bits per heavy atom. The number of benzene rings is 8. The van der Waals surface area contributed by atoms with Crippen molar-refractivity contribution >= 4 is 40.0 Å². The van der Waals surface area contributed by atoms with Crippen LogP contribution in [-0.2, 0) is 0 Å². The summed E-state index contributed by atoms with van der Waals surface area (Å²) in [5.74, 6) is 2.00. The standard InChI is InChI=1S/C49H35N3Si/c1-53(2)44-29-27-35-15-8-9-18-41(35)46(44)43-28-26-39(31-45(43)53)48-50-47(51-49(52-48)42-19-11-10-17-40(42)34-13-4-3-5-14-34)36-23-20-33(21-24-36)38-25-22-32-12-6-7-16-37(32)30-38/h3-31H,1-2H3. The summed E-state index contributed by atoms with van der Waals surface area (Å²) in [6.07, 6.45) is 0. The molecule has 0 unspecified atom stereocenters. The SMILES string of the molecule is C[Si]1(C)c2cc(-c3nc(-c4ccc(-c5ccc6ccccc6c5)cc4)nc(-c4ccccc4-c4ccccc4)n3)ccc2-c2c1ccc1ccccc21. The van der Waals surface area contributed by atoms with Gasteiger partial charge in [0, 0.05) is 16.7 Å². The van der Waals surface area contributed by atoms with E-state index >= 15 is 0 Å². The zero-order chi connectivity index (χ0) is 35.5. The second kappa shape index (κ2) is 12.3. The molecule has 4 heteroatoms. The number of aromatic nitrogens is 3. The predicted octanol–water partition coefficient (Wildman–Crippen LogP) is 11.3. The summed E-state index contributed by atoms with van der Waals surface area (Å²) in [5.41, 5.74) is 10.2. The maximum Gasteiger partial charge on any atom is 0.164 e. The second-order valence-electron chi connectivity index (χ2n) is 14.5. The predicted molar refractivity (Wildman–Crippen MR) is 224 cm³/mol. The first kappa shape index (κ1) is 31.3. The normalized spacial score (nSPS) is 12.9. The Labute approximate surface area is 310 Å². The van der Waals surface area contributed by atoms with Crippen LogP contribution in [0.1, 0.15) is 0 Å². The molecule has 0 amide bonds. The molecule has 1 aromatic heterocycles. The summed E-state index contributed by atoms with van der Waals surface area (Å²) in [6, 6.07) is 62.9. The fraction of sp³-hybridized carbons (Fsp3) is 0.0408. The van der Waals surface area contributed by atoms with Crippen LogP contribution in [0.3, 0.4) is 0 Å². The molecule has 0 radical (unpaired) electrons. The lowest BCUT2D eigenvalue weighted by Gasteiger charge is -2.19. The molecule has 0 saturated heterocycles. The Balaban J connectivity index is 1.12. The van der Waals surface area contributed by atoms with E-state index in [4.69, 9.17) is 15.0 Å². The van der Waals surface area contributed by atoms with Crippen molar-refractivity contribution in [3.8, 4) is 67.5 Å². The summed E-state index contributed by atoms with van der Waals surface area (Å²) in [4.78, 5) is 15.6. The molecule has 3 nitrogen and oxygen atoms in total. The van der Waals surface area contributed by atoms with E-state index in [0.29, 0.717) is 17.5 Å². The van der Waals surface area contributed by atoms with Crippen molar-refractivity contribution in [1.29, 1.82) is 0 Å². The molecule has 0 atom stereocenters. The van der Waals surface area contributed by atoms with E-state index in [-0.39, 0.29) is 0 Å². The Kier molecular flexibility index (Phi) is 7.27. The van der Waals surface area contributed by atoms with Crippen LogP contribution in [-0.4, -0.2) is 23.0 Å². The molecule has 8 aromatic carbocycles. The molecule has 0 saturated carbocycles. The smallest absolute Gasteiger partial charge is 0.164 e. The van der Waals surface area contributed by atoms with E-state index in [9.17, 15) is 0 Å². The van der Waals surface area contributed by atoms with E-state index in [1.807, 2.05) is 6.07 Å². The molecule has 1 aliphatic rings. The molecule has 9 aromatic rings. The fourth-order valence-electron chi connectivity index (χ4n) is 8.13. The topological polar surface area (TPSA) is 38.7 Å². The average Bonchev–Trinajstić information content (AvgIpc) is 3.46. The van der Waals surface area contributed by atoms with Gasteiger partial charge in [-0.05, 0) is 71.4 Å². The van der Waals surface area contributed by atoms with E-state index in [0.717, 1.165) is 33.4 Å². The maximum atomic E-state index is 5.25. The first-order chi connectivity index (χ1) is 26.0. The van der Waals surface area contributed by atoms with Gasteiger partial charge in [-0.15, -0.1) is 0 Å². The summed E-state index contributed by atoms with van der Waals surface area (Å²) < 4.78 is 0. The lowest BCUT2D eigenvalue weighted by molar-refractivity contribution is 1.07. The molecule has 0 fully saturated rings. The molecule has 2 heterocycles. The molecule has 0 spiro atoms. The van der Waals surface area contributed by atoms with Gasteiger partial charge < -0.3 is 0 Å². The van der Waals surface area contributed by atoms with Crippen molar-refractivity contribution in [1.82, 2.24) is 15.0 Å². The molecule has 1 aliphatic heterocycles. The Morgan fingerprint density at radius 2 is 0.925 bits per heavy atom. The van der Waals surface area contributed by atoms with Gasteiger partial charge in [0.05, 0.1) is 0 Å². The lowest BCUT2D eigenvalue weighted by Crippen LogP contribution is -2.49. The molecule has 0 N–H and O–H groups in total. The Bertz CT molecular complexity index is 2860. The Morgan fingerprint density at radius 1 is 0.340 bits per heavy atom. The minimum absolute atomic E-state index is 0.657. The van der Waals surface area contributed by atoms with Gasteiger partial charge in [-0.2, -0.15) is 0 Å². The van der Waals surface area contributed by atoms with Crippen molar-refractivity contribution in [2.45, 2.75) is 13.1 Å². The lowest BCUT2D eigenvalue weighted by atomic mass is 9.97. The molecule has 53 heavy (non-hydrogen) atoms. The molecular formula is C49H35N3Si. The van der Waals surface area contributed by atoms with Gasteiger partial charge in [0.1, 0.15) is 8.07 Å². The number of hydrogen-bond donors (Lipinski definition) is 0. The molecule has 250 valence electrons. The van der Waals surface area contributed by atoms with Gasteiger partial charge in [0.15, 0.2) is 17.5 Å². The van der Waals surface area contributed by atoms with Gasteiger partial charge in [-0.1, -0.05) is 183 Å². The van der Waals surface area contributed by atoms with E-state index in [1.54, 1.807) is 0 Å². The van der Waals surface area contributed by atoms with Crippen LogP contribution in [0, 0.1) is 0 Å². The highest BCUT2D eigenvalue weighted by Gasteiger charge is 2.38. The molecule has 0 aliphatic carbocycles. The van der Waals surface area contributed by atoms with Crippen molar-refractivity contribution in [3.63, 3.8) is 0 Å². The Hall–Kier alpha value is -6.49. The highest BCUT2D eigenvalue weighted by molar-refractivity contribution is 7.04. The summed E-state index contributed by atoms with van der Waals surface area (Å²) >= 11 is 0. The minimum atomic E-state index is -2.00. The number of nitrogens with zero attached hydrogens (tertiary/aromatic N) is 3. The van der Waals surface area contributed by atoms with Crippen molar-refractivity contribution < 1.29 is 0 Å². The highest BCUT2D eigenvalue weighted by Crippen LogP contribution is 2.37. The monoisotopic (exact) mass is 693 g/mol. The van der Waals surface area contributed by atoms with Crippen LogP contribution < -0.4 is 10.4 Å². The van der Waals surface area contributed by atoms with Crippen molar-refractivity contribution in [2.75, 3.05) is 0 Å². The van der Waals surface area contributed by atoms with Gasteiger partial charge in [0.2, 0.25) is 0 Å². The minimum Gasteiger partial charge on any atom is -0.208 e. The fourth-order valence-corrected chi connectivity index (χ4v) is 11.2. The van der Waals surface area contributed by atoms with E-state index in [1.165, 1.54) is 48.6 Å². The third kappa shape index (κ3) is 5.30. The third-order valence-electron chi connectivity index (χ3n) is 10.9. The van der Waals surface area contributed by atoms with Gasteiger partial charge in [-0.3, -0.25) is 0 Å². The van der Waals surface area contributed by atoms with Crippen molar-refractivity contribution in [3.05, 3.63) is 176 Å². The zero-order valence-electron chi connectivity index (χ0n) is 29.6. The van der Waals surface area contributed by atoms with Crippen LogP contribution in [0.2, 0.25) is 13.1 Å². The molecule has 0 bridgehead atoms. The van der Waals surface area contributed by atoms with E-state index in [2.05, 4.69) is 183 Å². The van der Waals surface area contributed by atoms with E-state index < -0.39 is 8.07 Å². The average molecular weight is 694 g/mol. The summed E-state index contributed by atoms with van der Waals surface area (Å²) in [5, 5.41) is 7.99. The largest absolute Gasteiger partial charge is 0.208 e. The summed E-state index contributed by atoms with van der Waals surface area (Å²) in [7, 11) is -2.00. The van der Waals surface area contributed by atoms with Crippen LogP contribution in [0.4, 0.5) is 0 Å². The highest BCUT2D eigenvalue weighted by atomic mass is 28.3. The van der Waals surface area contributed by atoms with Crippen LogP contribution in [0.25, 0.3) is 89.1 Å². The third-order valence-corrected chi connectivity index (χ3v) is 14.5. The van der Waals surface area contributed by atoms with Crippen molar-refractivity contribution in [2.24, 2.45) is 0 Å². The van der Waals surface area contributed by atoms with Crippen LogP contribution in [0.5, 0.6) is 0 Å². The quantitative estimate of drug-likeness (QED) is 0.168. The first-order valence-electron chi connectivity index (χ1n) is 18.2. The van der Waals surface area contributed by atoms with Crippen LogP contribution in [0.15, 0.2) is 176 Å². The summed E-state index contributed by atoms with van der Waals surface area (Å²) in [6.45, 7) is 4.93. The molecule has 10 rings (SSSR count). The number of hydrogen-bond acceptors (Lipinski definition) is 3. The first-order valence-corrected chi connectivity index (χ1v) is 21.2. The van der Waals surface area contributed by atoms with Gasteiger partial charge in [0.25, 0.3) is 0 Å². The van der Waals surface area contributed by atoms with Gasteiger partial charge in [-0.25, -0.2) is 15.0 Å². The van der Waals surface area contributed by atoms with Crippen LogP contribution >= 0.6 is 0 Å². The zero-order valence-corrected chi connectivity index (χ0v) is 30.6. The van der Waals surface area contributed by atoms with Gasteiger partial charge >= 0.3 is 0 Å². The molecular weight excluding hydrogens is 659 g/mol. The number of rotatable bonds is 5. The second-order valence-corrected chi connectivity index (χ2v) is 18.8. The number of fused-ring (bicyclic) bond motifs is 6. The maximum absolute atomic E-state index is 5.25.